The summed E-state index contributed by atoms with van der Waals surface area (Å²) in [7, 11) is 0. The number of aromatic nitrogens is 2. The number of amides is 2. The highest BCUT2D eigenvalue weighted by Gasteiger charge is 2.41. The Morgan fingerprint density at radius 3 is 1.89 bits per heavy atom. The Kier molecular flexibility index (Phi) is 8.56. The number of rotatable bonds is 11. The third-order valence-electron chi connectivity index (χ3n) is 8.22. The molecule has 0 saturated carbocycles. The lowest BCUT2D eigenvalue weighted by molar-refractivity contribution is -0.107. The van der Waals surface area contributed by atoms with Crippen molar-refractivity contribution in [1.29, 1.82) is 0 Å². The summed E-state index contributed by atoms with van der Waals surface area (Å²) < 4.78 is 8.06. The van der Waals surface area contributed by atoms with E-state index >= 15 is 0 Å². The number of hydrogen-bond acceptors (Lipinski definition) is 4. The molecule has 0 unspecified atom stereocenters. The van der Waals surface area contributed by atoms with Crippen LogP contribution >= 0.6 is 0 Å². The smallest absolute Gasteiger partial charge is 0.266 e. The average Bonchev–Trinajstić information content (AvgIpc) is 3.46. The lowest BCUT2D eigenvalue weighted by atomic mass is 9.77. The molecule has 0 N–H and O–H groups in total. The predicted molar refractivity (Wildman–Crippen MR) is 179 cm³/mol. The van der Waals surface area contributed by atoms with Gasteiger partial charge in [-0.3, -0.25) is 9.59 Å². The SMILES string of the molecule is CCCCOc1ccc2c(c1)c(N(C=O)C(=O)c1ccccc1C)nn2C(c1ccccc1)(c1ccccc1)c1ccccc1. The van der Waals surface area contributed by atoms with E-state index in [1.54, 1.807) is 12.1 Å². The molecule has 0 fully saturated rings. The largest absolute Gasteiger partial charge is 0.494 e. The predicted octanol–water partition coefficient (Wildman–Crippen LogP) is 8.17. The Labute approximate surface area is 263 Å². The zero-order valence-electron chi connectivity index (χ0n) is 25.5. The van der Waals surface area contributed by atoms with Crippen molar-refractivity contribution >= 4 is 29.0 Å². The van der Waals surface area contributed by atoms with Crippen LogP contribution in [0.4, 0.5) is 5.82 Å². The van der Waals surface area contributed by atoms with E-state index in [1.165, 1.54) is 0 Å². The van der Waals surface area contributed by atoms with E-state index in [-0.39, 0.29) is 5.82 Å². The summed E-state index contributed by atoms with van der Waals surface area (Å²) in [4.78, 5) is 28.0. The van der Waals surface area contributed by atoms with Gasteiger partial charge in [-0.15, -0.1) is 0 Å². The Morgan fingerprint density at radius 1 is 0.800 bits per heavy atom. The lowest BCUT2D eigenvalue weighted by Crippen LogP contribution is -2.39. The summed E-state index contributed by atoms with van der Waals surface area (Å²) in [6, 6.07) is 43.6. The zero-order chi connectivity index (χ0) is 31.2. The Bertz CT molecular complexity index is 1820. The molecule has 6 rings (SSSR count). The summed E-state index contributed by atoms with van der Waals surface area (Å²) in [5.74, 6) is 0.439. The lowest BCUT2D eigenvalue weighted by Gasteiger charge is -2.37. The number of ether oxygens (including phenoxy) is 1. The molecular formula is C39H35N3O3. The number of carbonyl (C=O) groups excluding carboxylic acids is 2. The summed E-state index contributed by atoms with van der Waals surface area (Å²) in [6.45, 7) is 4.54. The third kappa shape index (κ3) is 5.40. The molecule has 1 aromatic heterocycles. The maximum atomic E-state index is 14.0. The second-order valence-corrected chi connectivity index (χ2v) is 11.0. The fourth-order valence-corrected chi connectivity index (χ4v) is 5.98. The number of anilines is 1. The van der Waals surface area contributed by atoms with Gasteiger partial charge in [0.2, 0.25) is 6.41 Å². The van der Waals surface area contributed by atoms with Gasteiger partial charge in [-0.05, 0) is 59.9 Å². The summed E-state index contributed by atoms with van der Waals surface area (Å²) in [6.07, 6.45) is 2.47. The van der Waals surface area contributed by atoms with Crippen molar-refractivity contribution < 1.29 is 14.3 Å². The number of benzene rings is 5. The van der Waals surface area contributed by atoms with E-state index < -0.39 is 11.4 Å². The minimum atomic E-state index is -0.953. The fraction of sp³-hybridized carbons (Fsp3) is 0.154. The monoisotopic (exact) mass is 593 g/mol. The maximum Gasteiger partial charge on any atom is 0.266 e. The Hall–Kier alpha value is -5.49. The highest BCUT2D eigenvalue weighted by Crippen LogP contribution is 2.44. The third-order valence-corrected chi connectivity index (χ3v) is 8.22. The quantitative estimate of drug-likeness (QED) is 0.0864. The molecule has 6 aromatic rings. The zero-order valence-corrected chi connectivity index (χ0v) is 25.5. The fourth-order valence-electron chi connectivity index (χ4n) is 5.98. The standard InChI is InChI=1S/C39H35N3O3/c1-3-4-26-45-33-24-25-36-35(27-33)37(41(28-43)38(44)34-23-15-14-16-29(34)2)40-42(36)39(30-17-8-5-9-18-30,31-19-10-6-11-20-31)32-21-12-7-13-22-32/h5-25,27-28H,3-4,26H2,1-2H3. The molecule has 45 heavy (non-hydrogen) atoms. The van der Waals surface area contributed by atoms with Crippen LogP contribution in [0.3, 0.4) is 0 Å². The molecule has 6 nitrogen and oxygen atoms in total. The first kappa shape index (κ1) is 29.6. The van der Waals surface area contributed by atoms with Gasteiger partial charge in [0.05, 0.1) is 12.1 Å². The van der Waals surface area contributed by atoms with Crippen LogP contribution in [0.2, 0.25) is 0 Å². The van der Waals surface area contributed by atoms with Crippen LogP contribution in [0.25, 0.3) is 10.9 Å². The van der Waals surface area contributed by atoms with Gasteiger partial charge in [0.15, 0.2) is 5.82 Å². The van der Waals surface area contributed by atoms with Crippen LogP contribution in [0.5, 0.6) is 5.75 Å². The van der Waals surface area contributed by atoms with Gasteiger partial charge in [0.1, 0.15) is 11.3 Å². The normalized spacial score (nSPS) is 11.3. The number of unbranched alkanes of at least 4 members (excludes halogenated alkanes) is 1. The molecule has 0 aliphatic rings. The minimum Gasteiger partial charge on any atom is -0.494 e. The highest BCUT2D eigenvalue weighted by atomic mass is 16.5. The van der Waals surface area contributed by atoms with E-state index in [1.807, 2.05) is 96.5 Å². The van der Waals surface area contributed by atoms with Crippen molar-refractivity contribution in [2.75, 3.05) is 11.5 Å². The van der Waals surface area contributed by atoms with E-state index in [9.17, 15) is 9.59 Å². The van der Waals surface area contributed by atoms with Crippen LogP contribution in [-0.4, -0.2) is 28.7 Å². The first-order chi connectivity index (χ1) is 22.1. The molecule has 0 radical (unpaired) electrons. The molecule has 0 aliphatic carbocycles. The summed E-state index contributed by atoms with van der Waals surface area (Å²) in [5, 5.41) is 5.84. The van der Waals surface area contributed by atoms with Crippen LogP contribution in [0, 0.1) is 6.92 Å². The first-order valence-corrected chi connectivity index (χ1v) is 15.3. The first-order valence-electron chi connectivity index (χ1n) is 15.3. The van der Waals surface area contributed by atoms with E-state index in [0.29, 0.717) is 29.7 Å². The number of carbonyl (C=O) groups is 2. The van der Waals surface area contributed by atoms with Crippen molar-refractivity contribution in [2.45, 2.75) is 32.2 Å². The molecule has 2 amide bonds. The number of imide groups is 1. The molecule has 0 atom stereocenters. The van der Waals surface area contributed by atoms with Gasteiger partial charge in [-0.25, -0.2) is 9.58 Å². The van der Waals surface area contributed by atoms with E-state index in [4.69, 9.17) is 9.84 Å². The Morgan fingerprint density at radius 2 is 1.36 bits per heavy atom. The van der Waals surface area contributed by atoms with Gasteiger partial charge in [0.25, 0.3) is 5.91 Å². The second kappa shape index (κ2) is 13.0. The summed E-state index contributed by atoms with van der Waals surface area (Å²) >= 11 is 0. The van der Waals surface area contributed by atoms with Crippen LogP contribution < -0.4 is 9.64 Å². The molecule has 0 spiro atoms. The molecule has 6 heteroatoms. The van der Waals surface area contributed by atoms with Gasteiger partial charge in [-0.1, -0.05) is 123 Å². The molecule has 0 saturated heterocycles. The second-order valence-electron chi connectivity index (χ2n) is 11.0. The maximum absolute atomic E-state index is 14.0. The number of nitrogens with zero attached hydrogens (tertiary/aromatic N) is 3. The highest BCUT2D eigenvalue weighted by molar-refractivity contribution is 6.18. The van der Waals surface area contributed by atoms with Crippen molar-refractivity contribution in [2.24, 2.45) is 0 Å². The average molecular weight is 594 g/mol. The van der Waals surface area contributed by atoms with Crippen molar-refractivity contribution in [3.05, 3.63) is 161 Å². The van der Waals surface area contributed by atoms with Gasteiger partial charge < -0.3 is 4.74 Å². The van der Waals surface area contributed by atoms with Gasteiger partial charge in [-0.2, -0.15) is 5.10 Å². The van der Waals surface area contributed by atoms with Gasteiger partial charge >= 0.3 is 0 Å². The molecule has 5 aromatic carbocycles. The number of aryl methyl sites for hydroxylation is 1. The van der Waals surface area contributed by atoms with Gasteiger partial charge in [0, 0.05) is 10.9 Å². The number of fused-ring (bicyclic) bond motifs is 1. The molecule has 1 heterocycles. The minimum absolute atomic E-state index is 0.237. The van der Waals surface area contributed by atoms with Crippen molar-refractivity contribution in [3.8, 4) is 5.75 Å². The van der Waals surface area contributed by atoms with Crippen LogP contribution in [-0.2, 0) is 10.3 Å². The number of hydrogen-bond donors (Lipinski definition) is 0. The Balaban J connectivity index is 1.69. The molecule has 224 valence electrons. The van der Waals surface area contributed by atoms with Crippen molar-refractivity contribution in [3.63, 3.8) is 0 Å². The van der Waals surface area contributed by atoms with E-state index in [0.717, 1.165) is 45.5 Å². The molecular weight excluding hydrogens is 558 g/mol. The van der Waals surface area contributed by atoms with Crippen molar-refractivity contribution in [1.82, 2.24) is 9.78 Å². The van der Waals surface area contributed by atoms with Crippen LogP contribution in [0.15, 0.2) is 133 Å². The summed E-state index contributed by atoms with van der Waals surface area (Å²) in [5.41, 5.74) is 3.93. The van der Waals surface area contributed by atoms with Crippen LogP contribution in [0.1, 0.15) is 52.4 Å². The van der Waals surface area contributed by atoms with E-state index in [2.05, 4.69) is 43.3 Å². The topological polar surface area (TPSA) is 64.4 Å². The molecule has 0 aliphatic heterocycles. The molecule has 0 bridgehead atoms.